The Bertz CT molecular complexity index is 584. The van der Waals surface area contributed by atoms with Crippen molar-refractivity contribution in [3.05, 3.63) is 46.4 Å². The molecule has 0 amide bonds. The van der Waals surface area contributed by atoms with Crippen molar-refractivity contribution in [2.45, 2.75) is 26.3 Å². The van der Waals surface area contributed by atoms with Crippen molar-refractivity contribution in [3.8, 4) is 0 Å². The van der Waals surface area contributed by atoms with E-state index < -0.39 is 0 Å². The lowest BCUT2D eigenvalue weighted by Gasteiger charge is -2.09. The van der Waals surface area contributed by atoms with E-state index in [1.54, 1.807) is 4.57 Å². The summed E-state index contributed by atoms with van der Waals surface area (Å²) in [6.07, 6.45) is 1.82. The molecule has 90 valence electrons. The molecule has 17 heavy (non-hydrogen) atoms. The third-order valence-electron chi connectivity index (χ3n) is 3.04. The average Bonchev–Trinajstić information content (AvgIpc) is 2.32. The summed E-state index contributed by atoms with van der Waals surface area (Å²) < 4.78 is 1.66. The topological polar surface area (TPSA) is 48.0 Å². The molecular weight excluding hydrogens is 212 g/mol. The summed E-state index contributed by atoms with van der Waals surface area (Å²) in [5.74, 6) is 0.478. The van der Waals surface area contributed by atoms with E-state index in [4.69, 9.17) is 5.73 Å². The Morgan fingerprint density at radius 1 is 1.29 bits per heavy atom. The van der Waals surface area contributed by atoms with Crippen molar-refractivity contribution in [1.29, 1.82) is 0 Å². The molecule has 0 radical (unpaired) electrons. The summed E-state index contributed by atoms with van der Waals surface area (Å²) in [4.78, 5) is 12.1. The quantitative estimate of drug-likeness (QED) is 0.877. The van der Waals surface area contributed by atoms with E-state index >= 15 is 0 Å². The molecule has 0 bridgehead atoms. The molecule has 2 rings (SSSR count). The van der Waals surface area contributed by atoms with Gasteiger partial charge in [0, 0.05) is 24.7 Å². The first-order chi connectivity index (χ1) is 8.13. The van der Waals surface area contributed by atoms with Gasteiger partial charge in [0.15, 0.2) is 0 Å². The molecule has 1 heterocycles. The second kappa shape index (κ2) is 4.72. The minimum absolute atomic E-state index is 0.0447. The van der Waals surface area contributed by atoms with Crippen LogP contribution in [0.3, 0.4) is 0 Å². The third kappa shape index (κ3) is 2.24. The molecule has 0 saturated heterocycles. The molecule has 1 aromatic carbocycles. The molecule has 0 spiro atoms. The van der Waals surface area contributed by atoms with Crippen LogP contribution in [0.25, 0.3) is 10.8 Å². The van der Waals surface area contributed by atoms with E-state index in [0.717, 1.165) is 10.8 Å². The SMILES string of the molecule is CC(C)c1ccc2c(=O)n(CCN)ccc2c1. The molecule has 0 saturated carbocycles. The molecule has 1 aromatic heterocycles. The number of rotatable bonds is 3. The van der Waals surface area contributed by atoms with Gasteiger partial charge in [0.05, 0.1) is 0 Å². The van der Waals surface area contributed by atoms with Crippen molar-refractivity contribution in [3.63, 3.8) is 0 Å². The summed E-state index contributed by atoms with van der Waals surface area (Å²) >= 11 is 0. The normalized spacial score (nSPS) is 11.3. The first kappa shape index (κ1) is 11.9. The van der Waals surface area contributed by atoms with Crippen LogP contribution in [0.2, 0.25) is 0 Å². The van der Waals surface area contributed by atoms with Gasteiger partial charge in [-0.3, -0.25) is 4.79 Å². The van der Waals surface area contributed by atoms with Crippen molar-refractivity contribution in [2.75, 3.05) is 6.54 Å². The lowest BCUT2D eigenvalue weighted by atomic mass is 10.0. The van der Waals surface area contributed by atoms with E-state index in [0.29, 0.717) is 19.0 Å². The zero-order valence-corrected chi connectivity index (χ0v) is 10.3. The number of pyridine rings is 1. The van der Waals surface area contributed by atoms with Crippen LogP contribution >= 0.6 is 0 Å². The lowest BCUT2D eigenvalue weighted by molar-refractivity contribution is 0.686. The van der Waals surface area contributed by atoms with Crippen molar-refractivity contribution in [1.82, 2.24) is 4.57 Å². The number of fused-ring (bicyclic) bond motifs is 1. The summed E-state index contributed by atoms with van der Waals surface area (Å²) in [6.45, 7) is 5.35. The summed E-state index contributed by atoms with van der Waals surface area (Å²) in [7, 11) is 0. The number of hydrogen-bond acceptors (Lipinski definition) is 2. The number of hydrogen-bond donors (Lipinski definition) is 1. The maximum absolute atomic E-state index is 12.1. The third-order valence-corrected chi connectivity index (χ3v) is 3.04. The molecule has 0 atom stereocenters. The molecule has 0 aliphatic carbocycles. The van der Waals surface area contributed by atoms with Gasteiger partial charge in [-0.15, -0.1) is 0 Å². The number of nitrogens with zero attached hydrogens (tertiary/aromatic N) is 1. The van der Waals surface area contributed by atoms with Gasteiger partial charge in [-0.1, -0.05) is 26.0 Å². The van der Waals surface area contributed by atoms with Gasteiger partial charge in [0.25, 0.3) is 5.56 Å². The Morgan fingerprint density at radius 2 is 2.06 bits per heavy atom. The van der Waals surface area contributed by atoms with Crippen LogP contribution in [0, 0.1) is 0 Å². The Hall–Kier alpha value is -1.61. The Kier molecular flexibility index (Phi) is 3.29. The minimum Gasteiger partial charge on any atom is -0.329 e. The van der Waals surface area contributed by atoms with Crippen LogP contribution in [0.1, 0.15) is 25.3 Å². The Balaban J connectivity index is 2.60. The van der Waals surface area contributed by atoms with Crippen LogP contribution in [0.5, 0.6) is 0 Å². The maximum Gasteiger partial charge on any atom is 0.258 e. The molecular formula is C14H18N2O. The second-order valence-corrected chi connectivity index (χ2v) is 4.60. The molecule has 0 aliphatic rings. The van der Waals surface area contributed by atoms with E-state index in [1.807, 2.05) is 24.4 Å². The van der Waals surface area contributed by atoms with E-state index in [9.17, 15) is 4.79 Å². The van der Waals surface area contributed by atoms with Gasteiger partial charge >= 0.3 is 0 Å². The van der Waals surface area contributed by atoms with Crippen LogP contribution < -0.4 is 11.3 Å². The minimum atomic E-state index is 0.0447. The van der Waals surface area contributed by atoms with E-state index in [1.165, 1.54) is 5.56 Å². The van der Waals surface area contributed by atoms with Gasteiger partial charge in [0.2, 0.25) is 0 Å². The highest BCUT2D eigenvalue weighted by atomic mass is 16.1. The molecule has 2 aromatic rings. The fourth-order valence-corrected chi connectivity index (χ4v) is 1.98. The smallest absolute Gasteiger partial charge is 0.258 e. The van der Waals surface area contributed by atoms with Crippen LogP contribution in [0.4, 0.5) is 0 Å². The predicted molar refractivity (Wildman–Crippen MR) is 71.4 cm³/mol. The van der Waals surface area contributed by atoms with Crippen LogP contribution in [-0.2, 0) is 6.54 Å². The molecule has 0 aliphatic heterocycles. The van der Waals surface area contributed by atoms with Crippen molar-refractivity contribution >= 4 is 10.8 Å². The van der Waals surface area contributed by atoms with E-state index in [-0.39, 0.29) is 5.56 Å². The van der Waals surface area contributed by atoms with Gasteiger partial charge < -0.3 is 10.3 Å². The highest BCUT2D eigenvalue weighted by Crippen LogP contribution is 2.19. The molecule has 2 N–H and O–H groups in total. The monoisotopic (exact) mass is 230 g/mol. The predicted octanol–water partition coefficient (Wildman–Crippen LogP) is 2.08. The highest BCUT2D eigenvalue weighted by molar-refractivity contribution is 5.82. The number of nitrogens with two attached hydrogens (primary N) is 1. The fourth-order valence-electron chi connectivity index (χ4n) is 1.98. The Morgan fingerprint density at radius 3 is 2.71 bits per heavy atom. The number of benzene rings is 1. The van der Waals surface area contributed by atoms with Gasteiger partial charge in [-0.05, 0) is 29.0 Å². The maximum atomic E-state index is 12.1. The van der Waals surface area contributed by atoms with Gasteiger partial charge in [-0.25, -0.2) is 0 Å². The lowest BCUT2D eigenvalue weighted by Crippen LogP contribution is -2.23. The summed E-state index contributed by atoms with van der Waals surface area (Å²) in [5.41, 5.74) is 6.78. The van der Waals surface area contributed by atoms with E-state index in [2.05, 4.69) is 19.9 Å². The Labute approximate surface area is 101 Å². The fraction of sp³-hybridized carbons (Fsp3) is 0.357. The number of aromatic nitrogens is 1. The highest BCUT2D eigenvalue weighted by Gasteiger charge is 2.05. The first-order valence-corrected chi connectivity index (χ1v) is 5.96. The zero-order valence-electron chi connectivity index (χ0n) is 10.3. The molecule has 3 heteroatoms. The van der Waals surface area contributed by atoms with Crippen molar-refractivity contribution in [2.24, 2.45) is 5.73 Å². The second-order valence-electron chi connectivity index (χ2n) is 4.60. The summed E-state index contributed by atoms with van der Waals surface area (Å²) in [5, 5.41) is 1.78. The average molecular weight is 230 g/mol. The molecule has 3 nitrogen and oxygen atoms in total. The summed E-state index contributed by atoms with van der Waals surface area (Å²) in [6, 6.07) is 8.02. The zero-order chi connectivity index (χ0) is 12.4. The largest absolute Gasteiger partial charge is 0.329 e. The van der Waals surface area contributed by atoms with Crippen molar-refractivity contribution < 1.29 is 0 Å². The van der Waals surface area contributed by atoms with Gasteiger partial charge in [-0.2, -0.15) is 0 Å². The van der Waals surface area contributed by atoms with Crippen LogP contribution in [0.15, 0.2) is 35.3 Å². The molecule has 0 fully saturated rings. The van der Waals surface area contributed by atoms with Crippen LogP contribution in [-0.4, -0.2) is 11.1 Å². The standard InChI is InChI=1S/C14H18N2O/c1-10(2)11-3-4-13-12(9-11)5-7-16(8-6-15)14(13)17/h3-5,7,9-10H,6,8,15H2,1-2H3. The van der Waals surface area contributed by atoms with Gasteiger partial charge in [0.1, 0.15) is 0 Å². The molecule has 0 unspecified atom stereocenters. The first-order valence-electron chi connectivity index (χ1n) is 5.96.